The number of aromatic nitrogens is 5. The van der Waals surface area contributed by atoms with Crippen LogP contribution in [0, 0.1) is 0 Å². The third kappa shape index (κ3) is 4.47. The quantitative estimate of drug-likeness (QED) is 0.485. The molecule has 27 heavy (non-hydrogen) atoms. The van der Waals surface area contributed by atoms with Gasteiger partial charge >= 0.3 is 6.18 Å². The summed E-state index contributed by atoms with van der Waals surface area (Å²) in [6.45, 7) is -2.20. The number of nitrogens with zero attached hydrogens (tertiary/aromatic N) is 3. The summed E-state index contributed by atoms with van der Waals surface area (Å²) in [5.41, 5.74) is 1.26. The Bertz CT molecular complexity index is 944. The summed E-state index contributed by atoms with van der Waals surface area (Å²) in [6, 6.07) is 0.135. The Morgan fingerprint density at radius 1 is 1.37 bits per heavy atom. The minimum absolute atomic E-state index is 0.170. The number of fused-ring (bicyclic) bond motifs is 1. The van der Waals surface area contributed by atoms with Crippen LogP contribution < -0.4 is 15.6 Å². The van der Waals surface area contributed by atoms with Crippen molar-refractivity contribution >= 4 is 22.8 Å². The van der Waals surface area contributed by atoms with Crippen molar-refractivity contribution in [2.75, 3.05) is 18.5 Å². The van der Waals surface area contributed by atoms with E-state index in [9.17, 15) is 23.1 Å². The number of carbonyl (C=O) groups is 1. The first kappa shape index (κ1) is 18.5. The summed E-state index contributed by atoms with van der Waals surface area (Å²) >= 11 is 0. The highest BCUT2D eigenvalue weighted by Gasteiger charge is 2.29. The maximum Gasteiger partial charge on any atom is 0.405 e. The molecular weight excluding hydrogens is 367 g/mol. The number of rotatable bonds is 6. The Balaban J connectivity index is 1.78. The van der Waals surface area contributed by atoms with Gasteiger partial charge in [0.1, 0.15) is 24.6 Å². The lowest BCUT2D eigenvalue weighted by Gasteiger charge is -2.17. The SMILES string of the molecule is O=C(NCC(F)(F)F)[C@H](CO)Nc1ccnc(-c2c[nH]c3nc[nH+]cc23)n1. The van der Waals surface area contributed by atoms with E-state index in [4.69, 9.17) is 0 Å². The molecule has 3 aromatic rings. The summed E-state index contributed by atoms with van der Waals surface area (Å²) < 4.78 is 36.7. The number of halogens is 3. The van der Waals surface area contributed by atoms with Gasteiger partial charge in [0.15, 0.2) is 5.82 Å². The highest BCUT2D eigenvalue weighted by molar-refractivity contribution is 5.90. The van der Waals surface area contributed by atoms with Crippen LogP contribution in [0.4, 0.5) is 19.0 Å². The fourth-order valence-corrected chi connectivity index (χ4v) is 2.34. The minimum Gasteiger partial charge on any atom is -0.394 e. The summed E-state index contributed by atoms with van der Waals surface area (Å²) in [6.07, 6.45) is 1.75. The molecule has 3 rings (SSSR count). The van der Waals surface area contributed by atoms with Crippen molar-refractivity contribution in [2.24, 2.45) is 0 Å². The van der Waals surface area contributed by atoms with E-state index in [2.05, 4.69) is 30.2 Å². The van der Waals surface area contributed by atoms with E-state index in [0.29, 0.717) is 17.0 Å². The monoisotopic (exact) mass is 382 g/mol. The van der Waals surface area contributed by atoms with Crippen LogP contribution in [0.2, 0.25) is 0 Å². The number of aliphatic hydroxyl groups is 1. The van der Waals surface area contributed by atoms with Gasteiger partial charge in [-0.1, -0.05) is 0 Å². The summed E-state index contributed by atoms with van der Waals surface area (Å²) in [7, 11) is 0. The number of alkyl halides is 3. The summed E-state index contributed by atoms with van der Waals surface area (Å²) in [5.74, 6) is -0.524. The molecule has 0 spiro atoms. The molecule has 5 N–H and O–H groups in total. The predicted octanol–water partition coefficient (Wildman–Crippen LogP) is 0.285. The number of amides is 1. The fraction of sp³-hybridized carbons (Fsp3) is 0.267. The van der Waals surface area contributed by atoms with Crippen LogP contribution in [0.15, 0.2) is 31.0 Å². The zero-order valence-electron chi connectivity index (χ0n) is 13.7. The Morgan fingerprint density at radius 2 is 2.19 bits per heavy atom. The van der Waals surface area contributed by atoms with E-state index in [1.165, 1.54) is 18.6 Å². The number of aromatic amines is 2. The molecule has 12 heteroatoms. The molecular formula is C15H15F3N7O2+. The van der Waals surface area contributed by atoms with Gasteiger partial charge in [-0.25, -0.2) is 15.0 Å². The van der Waals surface area contributed by atoms with Gasteiger partial charge in [0, 0.05) is 12.4 Å². The first-order chi connectivity index (χ1) is 12.9. The topological polar surface area (TPSA) is 130 Å². The van der Waals surface area contributed by atoms with E-state index in [1.807, 2.05) is 0 Å². The maximum absolute atomic E-state index is 12.2. The normalized spacial score (nSPS) is 12.7. The molecule has 0 saturated carbocycles. The van der Waals surface area contributed by atoms with Crippen molar-refractivity contribution in [3.63, 3.8) is 0 Å². The first-order valence-corrected chi connectivity index (χ1v) is 7.76. The molecule has 0 fully saturated rings. The average molecular weight is 382 g/mol. The van der Waals surface area contributed by atoms with Crippen LogP contribution in [0.3, 0.4) is 0 Å². The molecule has 0 bridgehead atoms. The molecule has 1 atom stereocenters. The van der Waals surface area contributed by atoms with Crippen LogP contribution in [0.1, 0.15) is 0 Å². The smallest absolute Gasteiger partial charge is 0.394 e. The number of hydrogen-bond acceptors (Lipinski definition) is 6. The summed E-state index contributed by atoms with van der Waals surface area (Å²) in [4.78, 5) is 30.1. The van der Waals surface area contributed by atoms with Crippen LogP contribution in [0.25, 0.3) is 22.4 Å². The number of hydrogen-bond donors (Lipinski definition) is 4. The van der Waals surface area contributed by atoms with Gasteiger partial charge in [0.05, 0.1) is 17.6 Å². The number of aliphatic hydroxyl groups excluding tert-OH is 1. The average Bonchev–Trinajstić information content (AvgIpc) is 3.08. The number of anilines is 1. The molecule has 0 radical (unpaired) electrons. The Morgan fingerprint density at radius 3 is 2.93 bits per heavy atom. The van der Waals surface area contributed by atoms with Crippen LogP contribution in [0.5, 0.6) is 0 Å². The molecule has 0 aliphatic heterocycles. The minimum atomic E-state index is -4.54. The highest BCUT2D eigenvalue weighted by Crippen LogP contribution is 2.24. The van der Waals surface area contributed by atoms with Crippen molar-refractivity contribution < 1.29 is 28.1 Å². The zero-order chi connectivity index (χ0) is 19.4. The van der Waals surface area contributed by atoms with Crippen molar-refractivity contribution in [2.45, 2.75) is 12.2 Å². The fourth-order valence-electron chi connectivity index (χ4n) is 2.34. The Kier molecular flexibility index (Phi) is 5.16. The van der Waals surface area contributed by atoms with E-state index >= 15 is 0 Å². The van der Waals surface area contributed by atoms with Gasteiger partial charge < -0.3 is 20.7 Å². The second kappa shape index (κ2) is 7.53. The van der Waals surface area contributed by atoms with Gasteiger partial charge in [0.2, 0.25) is 5.91 Å². The second-order valence-corrected chi connectivity index (χ2v) is 5.51. The lowest BCUT2D eigenvalue weighted by atomic mass is 10.2. The third-order valence-corrected chi connectivity index (χ3v) is 3.58. The third-order valence-electron chi connectivity index (χ3n) is 3.58. The van der Waals surface area contributed by atoms with Crippen LogP contribution in [-0.2, 0) is 4.79 Å². The molecule has 142 valence electrons. The lowest BCUT2D eigenvalue weighted by Crippen LogP contribution is -2.45. The van der Waals surface area contributed by atoms with E-state index in [-0.39, 0.29) is 5.82 Å². The molecule has 0 aromatic carbocycles. The van der Waals surface area contributed by atoms with Gasteiger partial charge in [-0.05, 0) is 11.1 Å². The highest BCUT2D eigenvalue weighted by atomic mass is 19.4. The second-order valence-electron chi connectivity index (χ2n) is 5.51. The van der Waals surface area contributed by atoms with Gasteiger partial charge in [0.25, 0.3) is 12.0 Å². The molecule has 0 unspecified atom stereocenters. The van der Waals surface area contributed by atoms with Gasteiger partial charge in [-0.15, -0.1) is 0 Å². The molecule has 3 heterocycles. The van der Waals surface area contributed by atoms with Gasteiger partial charge in [-0.3, -0.25) is 4.79 Å². The number of carbonyl (C=O) groups excluding carboxylic acids is 1. The molecule has 0 aliphatic carbocycles. The Labute approximate surface area is 150 Å². The predicted molar refractivity (Wildman–Crippen MR) is 87.2 cm³/mol. The van der Waals surface area contributed by atoms with Crippen molar-refractivity contribution in [3.05, 3.63) is 31.0 Å². The largest absolute Gasteiger partial charge is 0.405 e. The molecule has 1 amide bonds. The lowest BCUT2D eigenvalue weighted by molar-refractivity contribution is -0.380. The first-order valence-electron chi connectivity index (χ1n) is 7.76. The number of nitrogens with one attached hydrogen (secondary N) is 4. The standard InChI is InChI=1S/C15H14F3N7O2/c16-15(17,18)6-22-14(27)10(5-26)24-11-1-2-20-13(25-11)9-4-21-12-8(9)3-19-7-23-12/h1-4,7,10,26H,5-6H2,(H,22,27)(H,19,21,23)(H,20,24,25)/p+1/t10-/m0/s1. The van der Waals surface area contributed by atoms with E-state index < -0.39 is 31.3 Å². The zero-order valence-corrected chi connectivity index (χ0v) is 13.7. The van der Waals surface area contributed by atoms with Crippen molar-refractivity contribution in [1.82, 2.24) is 25.3 Å². The number of H-pyrrole nitrogens is 2. The Hall–Kier alpha value is -3.28. The van der Waals surface area contributed by atoms with E-state index in [0.717, 1.165) is 5.39 Å². The van der Waals surface area contributed by atoms with Crippen LogP contribution >= 0.6 is 0 Å². The van der Waals surface area contributed by atoms with Crippen molar-refractivity contribution in [1.29, 1.82) is 0 Å². The molecule has 3 aromatic heterocycles. The van der Waals surface area contributed by atoms with Gasteiger partial charge in [-0.2, -0.15) is 13.2 Å². The van der Waals surface area contributed by atoms with Crippen LogP contribution in [-0.4, -0.2) is 56.3 Å². The van der Waals surface area contributed by atoms with Crippen molar-refractivity contribution in [3.8, 4) is 11.4 Å². The maximum atomic E-state index is 12.2. The molecule has 9 nitrogen and oxygen atoms in total. The molecule has 0 saturated heterocycles. The molecule has 0 aliphatic rings. The summed E-state index contributed by atoms with van der Waals surface area (Å²) in [5, 5.41) is 14.4. The van der Waals surface area contributed by atoms with E-state index in [1.54, 1.807) is 17.7 Å².